The van der Waals surface area contributed by atoms with Crippen molar-refractivity contribution in [3.63, 3.8) is 0 Å². The third-order valence-electron chi connectivity index (χ3n) is 3.53. The number of likely N-dealkylation sites (tertiary alicyclic amines) is 1. The van der Waals surface area contributed by atoms with Gasteiger partial charge in [0.15, 0.2) is 0 Å². The van der Waals surface area contributed by atoms with Gasteiger partial charge in [0.2, 0.25) is 5.91 Å². The number of hydrogen-bond acceptors (Lipinski definition) is 5. The lowest BCUT2D eigenvalue weighted by Crippen LogP contribution is -2.47. The van der Waals surface area contributed by atoms with Gasteiger partial charge in [0, 0.05) is 30.8 Å². The summed E-state index contributed by atoms with van der Waals surface area (Å²) in [7, 11) is 0. The van der Waals surface area contributed by atoms with E-state index in [1.807, 2.05) is 0 Å². The number of nitrogens with two attached hydrogens (primary N) is 1. The summed E-state index contributed by atoms with van der Waals surface area (Å²) < 4.78 is 0. The highest BCUT2D eigenvalue weighted by atomic mass is 16.6. The summed E-state index contributed by atoms with van der Waals surface area (Å²) in [4.78, 5) is 35.7. The lowest BCUT2D eigenvalue weighted by atomic mass is 9.96. The molecule has 0 saturated carbocycles. The highest BCUT2D eigenvalue weighted by molar-refractivity contribution is 5.95. The molecule has 1 heterocycles. The zero-order valence-electron chi connectivity index (χ0n) is 11.3. The van der Waals surface area contributed by atoms with Crippen LogP contribution in [0.25, 0.3) is 0 Å². The second-order valence-electron chi connectivity index (χ2n) is 4.91. The fraction of sp³-hybridized carbons (Fsp3) is 0.385. The molecule has 112 valence electrons. The minimum Gasteiger partial charge on any atom is -0.338 e. The molecule has 8 nitrogen and oxygen atoms in total. The molecule has 1 aliphatic rings. The molecular formula is C13H16N4O4. The molecule has 2 rings (SSSR count). The van der Waals surface area contributed by atoms with Crippen molar-refractivity contribution in [2.45, 2.75) is 12.8 Å². The van der Waals surface area contributed by atoms with Crippen molar-refractivity contribution in [1.82, 2.24) is 10.3 Å². The number of benzene rings is 1. The van der Waals surface area contributed by atoms with E-state index in [-0.39, 0.29) is 35.5 Å². The Labute approximate surface area is 121 Å². The summed E-state index contributed by atoms with van der Waals surface area (Å²) in [5.41, 5.74) is 2.21. The summed E-state index contributed by atoms with van der Waals surface area (Å²) in [6, 6.07) is 5.58. The van der Waals surface area contributed by atoms with Gasteiger partial charge in [-0.2, -0.15) is 0 Å². The van der Waals surface area contributed by atoms with E-state index in [2.05, 4.69) is 5.43 Å². The Morgan fingerprint density at radius 2 is 2.19 bits per heavy atom. The SMILES string of the molecule is NNC(=O)C1CCCN(C(=O)c2cccc([N+](=O)[O-])c2)C1. The van der Waals surface area contributed by atoms with Crippen LogP contribution in [0.4, 0.5) is 5.69 Å². The van der Waals surface area contributed by atoms with Gasteiger partial charge >= 0.3 is 0 Å². The van der Waals surface area contributed by atoms with Crippen molar-refractivity contribution in [2.24, 2.45) is 11.8 Å². The summed E-state index contributed by atoms with van der Waals surface area (Å²) in [6.45, 7) is 0.792. The molecule has 8 heteroatoms. The van der Waals surface area contributed by atoms with Crippen molar-refractivity contribution in [3.05, 3.63) is 39.9 Å². The molecule has 0 bridgehead atoms. The Kier molecular flexibility index (Phi) is 4.49. The van der Waals surface area contributed by atoms with Crippen LogP contribution >= 0.6 is 0 Å². The lowest BCUT2D eigenvalue weighted by Gasteiger charge is -2.31. The third kappa shape index (κ3) is 3.34. The number of nitrogens with one attached hydrogen (secondary N) is 1. The van der Waals surface area contributed by atoms with Crippen molar-refractivity contribution in [2.75, 3.05) is 13.1 Å². The van der Waals surface area contributed by atoms with Gasteiger partial charge in [0.05, 0.1) is 10.8 Å². The molecule has 1 atom stereocenters. The molecule has 0 radical (unpaired) electrons. The van der Waals surface area contributed by atoms with E-state index in [1.54, 1.807) is 0 Å². The minimum atomic E-state index is -0.544. The van der Waals surface area contributed by atoms with E-state index < -0.39 is 4.92 Å². The van der Waals surface area contributed by atoms with Crippen molar-refractivity contribution < 1.29 is 14.5 Å². The van der Waals surface area contributed by atoms with Gasteiger partial charge in [-0.3, -0.25) is 25.1 Å². The molecule has 1 saturated heterocycles. The molecule has 0 aliphatic carbocycles. The van der Waals surface area contributed by atoms with Crippen LogP contribution in [0.5, 0.6) is 0 Å². The van der Waals surface area contributed by atoms with Crippen molar-refractivity contribution in [3.8, 4) is 0 Å². The number of nitro groups is 1. The third-order valence-corrected chi connectivity index (χ3v) is 3.53. The maximum atomic E-state index is 12.4. The monoisotopic (exact) mass is 292 g/mol. The van der Waals surface area contributed by atoms with E-state index in [0.717, 1.165) is 0 Å². The first kappa shape index (κ1) is 14.9. The number of nitrogens with zero attached hydrogens (tertiary/aromatic N) is 2. The molecular weight excluding hydrogens is 276 g/mol. The van der Waals surface area contributed by atoms with Crippen molar-refractivity contribution >= 4 is 17.5 Å². The van der Waals surface area contributed by atoms with Gasteiger partial charge in [-0.15, -0.1) is 0 Å². The maximum Gasteiger partial charge on any atom is 0.270 e. The predicted molar refractivity (Wildman–Crippen MR) is 74.1 cm³/mol. The molecule has 1 aliphatic heterocycles. The van der Waals surface area contributed by atoms with Crippen LogP contribution in [0.15, 0.2) is 24.3 Å². The Bertz CT molecular complexity index is 575. The first-order valence-electron chi connectivity index (χ1n) is 6.57. The maximum absolute atomic E-state index is 12.4. The number of piperidine rings is 1. The standard InChI is InChI=1S/C13H16N4O4/c14-15-12(18)10-4-2-6-16(8-10)13(19)9-3-1-5-11(7-9)17(20)21/h1,3,5,7,10H,2,4,6,8,14H2,(H,15,18). The first-order valence-corrected chi connectivity index (χ1v) is 6.57. The fourth-order valence-corrected chi connectivity index (χ4v) is 2.43. The number of non-ortho nitro benzene ring substituents is 1. The number of hydrogen-bond donors (Lipinski definition) is 2. The van der Waals surface area contributed by atoms with Crippen LogP contribution in [0, 0.1) is 16.0 Å². The molecule has 21 heavy (non-hydrogen) atoms. The summed E-state index contributed by atoms with van der Waals surface area (Å²) in [6.07, 6.45) is 1.36. The molecule has 0 aromatic heterocycles. The number of nitro benzene ring substituents is 1. The molecule has 3 N–H and O–H groups in total. The zero-order valence-corrected chi connectivity index (χ0v) is 11.3. The molecule has 1 unspecified atom stereocenters. The quantitative estimate of drug-likeness (QED) is 0.362. The lowest BCUT2D eigenvalue weighted by molar-refractivity contribution is -0.384. The van der Waals surface area contributed by atoms with Gasteiger partial charge < -0.3 is 4.90 Å². The highest BCUT2D eigenvalue weighted by Gasteiger charge is 2.28. The molecule has 2 amide bonds. The molecule has 0 spiro atoms. The van der Waals surface area contributed by atoms with Crippen LogP contribution in [-0.4, -0.2) is 34.7 Å². The number of carbonyl (C=O) groups excluding carboxylic acids is 2. The number of carbonyl (C=O) groups is 2. The number of rotatable bonds is 3. The number of hydrazine groups is 1. The summed E-state index contributed by atoms with van der Waals surface area (Å²) in [5, 5.41) is 10.7. The van der Waals surface area contributed by atoms with Gasteiger partial charge in [0.1, 0.15) is 0 Å². The second-order valence-corrected chi connectivity index (χ2v) is 4.91. The van der Waals surface area contributed by atoms with E-state index in [1.165, 1.54) is 29.2 Å². The van der Waals surface area contributed by atoms with Gasteiger partial charge in [0.25, 0.3) is 11.6 Å². The van der Waals surface area contributed by atoms with Crippen LogP contribution in [0.3, 0.4) is 0 Å². The van der Waals surface area contributed by atoms with Crippen LogP contribution in [0.1, 0.15) is 23.2 Å². The molecule has 1 fully saturated rings. The Balaban J connectivity index is 2.14. The topological polar surface area (TPSA) is 119 Å². The highest BCUT2D eigenvalue weighted by Crippen LogP contribution is 2.20. The van der Waals surface area contributed by atoms with E-state index in [0.29, 0.717) is 19.4 Å². The van der Waals surface area contributed by atoms with E-state index >= 15 is 0 Å². The first-order chi connectivity index (χ1) is 10.0. The van der Waals surface area contributed by atoms with E-state index in [9.17, 15) is 19.7 Å². The second kappa shape index (κ2) is 6.31. The normalized spacial score (nSPS) is 18.1. The van der Waals surface area contributed by atoms with Crippen LogP contribution < -0.4 is 11.3 Å². The Hall–Kier alpha value is -2.48. The van der Waals surface area contributed by atoms with E-state index in [4.69, 9.17) is 5.84 Å². The Morgan fingerprint density at radius 3 is 2.86 bits per heavy atom. The molecule has 1 aromatic carbocycles. The Morgan fingerprint density at radius 1 is 1.43 bits per heavy atom. The van der Waals surface area contributed by atoms with Gasteiger partial charge in [-0.05, 0) is 18.9 Å². The zero-order chi connectivity index (χ0) is 15.4. The molecule has 1 aromatic rings. The van der Waals surface area contributed by atoms with Crippen LogP contribution in [0.2, 0.25) is 0 Å². The smallest absolute Gasteiger partial charge is 0.270 e. The largest absolute Gasteiger partial charge is 0.338 e. The average Bonchev–Trinajstić information content (AvgIpc) is 2.53. The minimum absolute atomic E-state index is 0.130. The average molecular weight is 292 g/mol. The van der Waals surface area contributed by atoms with Crippen LogP contribution in [-0.2, 0) is 4.79 Å². The number of amides is 2. The fourth-order valence-electron chi connectivity index (χ4n) is 2.43. The van der Waals surface area contributed by atoms with Gasteiger partial charge in [-0.1, -0.05) is 6.07 Å². The summed E-state index contributed by atoms with van der Waals surface area (Å²) >= 11 is 0. The van der Waals surface area contributed by atoms with Gasteiger partial charge in [-0.25, -0.2) is 5.84 Å². The predicted octanol–water partition coefficient (Wildman–Crippen LogP) is 0.437. The van der Waals surface area contributed by atoms with Crippen molar-refractivity contribution in [1.29, 1.82) is 0 Å². The summed E-state index contributed by atoms with van der Waals surface area (Å²) in [5.74, 6) is 4.16.